The molecular formula is C23H23N3O4. The van der Waals surface area contributed by atoms with E-state index < -0.39 is 0 Å². The number of aromatic nitrogens is 3. The first kappa shape index (κ1) is 19.7. The topological polar surface area (TPSA) is 79.5 Å². The van der Waals surface area contributed by atoms with Gasteiger partial charge >= 0.3 is 6.01 Å². The average Bonchev–Trinajstić information content (AvgIpc) is 3.17. The summed E-state index contributed by atoms with van der Waals surface area (Å²) in [5.41, 5.74) is 3.79. The Kier molecular flexibility index (Phi) is 5.52. The fraction of sp³-hybridized carbons (Fsp3) is 0.261. The van der Waals surface area contributed by atoms with Gasteiger partial charge in [0.1, 0.15) is 0 Å². The number of fused-ring (bicyclic) bond motifs is 1. The largest absolute Gasteiger partial charge is 0.493 e. The van der Waals surface area contributed by atoms with Crippen LogP contribution in [0.25, 0.3) is 22.7 Å². The van der Waals surface area contributed by atoms with Crippen LogP contribution in [0, 0.1) is 13.8 Å². The van der Waals surface area contributed by atoms with E-state index in [2.05, 4.69) is 15.0 Å². The summed E-state index contributed by atoms with van der Waals surface area (Å²) in [7, 11) is 1.59. The molecule has 0 bridgehead atoms. The van der Waals surface area contributed by atoms with E-state index in [0.717, 1.165) is 23.1 Å². The standard InChI is InChI=1S/C23H23N3O4/c1-5-11-28-21-19-22(30-20(24-19)16-8-6-7-14(2)12-16)26-23(25-21)29-17-10-9-15(3)13-18(17)27-4/h6-10,12-13H,5,11H2,1-4H3. The Balaban J connectivity index is 1.77. The fourth-order valence-electron chi connectivity index (χ4n) is 2.98. The van der Waals surface area contributed by atoms with Crippen LogP contribution in [0.15, 0.2) is 46.9 Å². The van der Waals surface area contributed by atoms with Crippen molar-refractivity contribution in [3.63, 3.8) is 0 Å². The molecule has 0 spiro atoms. The van der Waals surface area contributed by atoms with Gasteiger partial charge < -0.3 is 18.6 Å². The molecule has 7 nitrogen and oxygen atoms in total. The van der Waals surface area contributed by atoms with E-state index in [-0.39, 0.29) is 6.01 Å². The van der Waals surface area contributed by atoms with Gasteiger partial charge in [0, 0.05) is 5.56 Å². The van der Waals surface area contributed by atoms with Gasteiger partial charge in [0.25, 0.3) is 11.6 Å². The quantitative estimate of drug-likeness (QED) is 0.402. The van der Waals surface area contributed by atoms with E-state index in [4.69, 9.17) is 18.6 Å². The van der Waals surface area contributed by atoms with E-state index in [1.807, 2.05) is 63.2 Å². The van der Waals surface area contributed by atoms with E-state index in [9.17, 15) is 0 Å². The highest BCUT2D eigenvalue weighted by molar-refractivity contribution is 5.78. The van der Waals surface area contributed by atoms with E-state index in [1.165, 1.54) is 0 Å². The molecule has 0 atom stereocenters. The molecule has 30 heavy (non-hydrogen) atoms. The lowest BCUT2D eigenvalue weighted by molar-refractivity contribution is 0.301. The number of rotatable bonds is 7. The highest BCUT2D eigenvalue weighted by Crippen LogP contribution is 2.34. The van der Waals surface area contributed by atoms with Gasteiger partial charge in [-0.2, -0.15) is 9.97 Å². The molecule has 0 saturated carbocycles. The Morgan fingerprint density at radius 1 is 0.933 bits per heavy atom. The molecule has 2 aromatic carbocycles. The maximum atomic E-state index is 5.93. The molecule has 0 fully saturated rings. The van der Waals surface area contributed by atoms with Crippen LogP contribution in [0.1, 0.15) is 24.5 Å². The van der Waals surface area contributed by atoms with Gasteiger partial charge in [-0.05, 0) is 50.1 Å². The first-order valence-corrected chi connectivity index (χ1v) is 9.78. The molecule has 0 unspecified atom stereocenters. The third-order valence-corrected chi connectivity index (χ3v) is 4.43. The van der Waals surface area contributed by atoms with Gasteiger partial charge in [-0.1, -0.05) is 30.7 Å². The van der Waals surface area contributed by atoms with Crippen molar-refractivity contribution >= 4 is 11.2 Å². The zero-order valence-corrected chi connectivity index (χ0v) is 17.4. The minimum atomic E-state index is 0.0997. The van der Waals surface area contributed by atoms with Crippen molar-refractivity contribution in [3.8, 4) is 34.8 Å². The van der Waals surface area contributed by atoms with E-state index >= 15 is 0 Å². The first-order chi connectivity index (χ1) is 14.6. The minimum Gasteiger partial charge on any atom is -0.493 e. The number of hydrogen-bond donors (Lipinski definition) is 0. The molecular weight excluding hydrogens is 382 g/mol. The normalized spacial score (nSPS) is 10.9. The van der Waals surface area contributed by atoms with Crippen LogP contribution in [-0.4, -0.2) is 28.7 Å². The fourth-order valence-corrected chi connectivity index (χ4v) is 2.98. The Labute approximate surface area is 174 Å². The lowest BCUT2D eigenvalue weighted by Gasteiger charge is -2.10. The SMILES string of the molecule is CCCOc1nc(Oc2ccc(C)cc2OC)nc2oc(-c3cccc(C)c3)nc12. The van der Waals surface area contributed by atoms with Crippen LogP contribution in [0.4, 0.5) is 0 Å². The Bertz CT molecular complexity index is 1190. The molecule has 0 radical (unpaired) electrons. The molecule has 0 aliphatic rings. The molecule has 0 N–H and O–H groups in total. The summed E-state index contributed by atoms with van der Waals surface area (Å²) in [5, 5.41) is 0. The number of nitrogens with zero attached hydrogens (tertiary/aromatic N) is 3. The molecule has 2 heterocycles. The molecule has 0 amide bonds. The van der Waals surface area contributed by atoms with Crippen LogP contribution in [-0.2, 0) is 0 Å². The zero-order valence-electron chi connectivity index (χ0n) is 17.4. The molecule has 0 aliphatic heterocycles. The van der Waals surface area contributed by atoms with Gasteiger partial charge in [0.15, 0.2) is 17.0 Å². The molecule has 7 heteroatoms. The second kappa shape index (κ2) is 8.41. The van der Waals surface area contributed by atoms with Crippen molar-refractivity contribution in [3.05, 3.63) is 53.6 Å². The average molecular weight is 405 g/mol. The summed E-state index contributed by atoms with van der Waals surface area (Å²) in [4.78, 5) is 13.4. The van der Waals surface area contributed by atoms with Gasteiger partial charge in [-0.15, -0.1) is 0 Å². The number of hydrogen-bond acceptors (Lipinski definition) is 7. The summed E-state index contributed by atoms with van der Waals surface area (Å²) in [6.07, 6.45) is 0.829. The molecule has 154 valence electrons. The van der Waals surface area contributed by atoms with Gasteiger partial charge in [0.2, 0.25) is 5.89 Å². The highest BCUT2D eigenvalue weighted by atomic mass is 16.5. The molecule has 2 aromatic heterocycles. The van der Waals surface area contributed by atoms with Gasteiger partial charge in [-0.3, -0.25) is 0 Å². The second-order valence-electron chi connectivity index (χ2n) is 6.96. The maximum absolute atomic E-state index is 5.93. The second-order valence-corrected chi connectivity index (χ2v) is 6.96. The third kappa shape index (κ3) is 4.05. The van der Waals surface area contributed by atoms with Crippen LogP contribution in [0.5, 0.6) is 23.4 Å². The van der Waals surface area contributed by atoms with Crippen molar-refractivity contribution in [1.29, 1.82) is 0 Å². The summed E-state index contributed by atoms with van der Waals surface area (Å²) in [6, 6.07) is 13.6. The van der Waals surface area contributed by atoms with Crippen molar-refractivity contribution in [2.24, 2.45) is 0 Å². The van der Waals surface area contributed by atoms with Crippen LogP contribution < -0.4 is 14.2 Å². The Morgan fingerprint density at radius 3 is 2.53 bits per heavy atom. The molecule has 4 aromatic rings. The Morgan fingerprint density at radius 2 is 1.77 bits per heavy atom. The first-order valence-electron chi connectivity index (χ1n) is 9.78. The lowest BCUT2D eigenvalue weighted by atomic mass is 10.1. The van der Waals surface area contributed by atoms with Crippen LogP contribution in [0.2, 0.25) is 0 Å². The number of methoxy groups -OCH3 is 1. The summed E-state index contributed by atoms with van der Waals surface area (Å²) >= 11 is 0. The highest BCUT2D eigenvalue weighted by Gasteiger charge is 2.19. The summed E-state index contributed by atoms with van der Waals surface area (Å²) in [6.45, 7) is 6.51. The number of ether oxygens (including phenoxy) is 3. The van der Waals surface area contributed by atoms with Gasteiger partial charge in [-0.25, -0.2) is 4.98 Å². The predicted octanol–water partition coefficient (Wildman–Crippen LogP) is 5.49. The van der Waals surface area contributed by atoms with Crippen molar-refractivity contribution < 1.29 is 18.6 Å². The van der Waals surface area contributed by atoms with Crippen LogP contribution >= 0.6 is 0 Å². The number of oxazole rings is 1. The smallest absolute Gasteiger partial charge is 0.328 e. The Hall–Kier alpha value is -3.61. The minimum absolute atomic E-state index is 0.0997. The molecule has 0 saturated heterocycles. The summed E-state index contributed by atoms with van der Waals surface area (Å²) in [5.74, 6) is 1.87. The van der Waals surface area contributed by atoms with Crippen molar-refractivity contribution in [2.45, 2.75) is 27.2 Å². The van der Waals surface area contributed by atoms with E-state index in [0.29, 0.717) is 41.1 Å². The van der Waals surface area contributed by atoms with E-state index in [1.54, 1.807) is 7.11 Å². The molecule has 4 rings (SSSR count). The van der Waals surface area contributed by atoms with Crippen molar-refractivity contribution in [2.75, 3.05) is 13.7 Å². The number of aryl methyl sites for hydroxylation is 2. The zero-order chi connectivity index (χ0) is 21.1. The predicted molar refractivity (Wildman–Crippen MR) is 113 cm³/mol. The monoisotopic (exact) mass is 405 g/mol. The maximum Gasteiger partial charge on any atom is 0.328 e. The molecule has 0 aliphatic carbocycles. The number of benzene rings is 2. The lowest BCUT2D eigenvalue weighted by Crippen LogP contribution is -2.01. The van der Waals surface area contributed by atoms with Crippen molar-refractivity contribution in [1.82, 2.24) is 15.0 Å². The summed E-state index contributed by atoms with van der Waals surface area (Å²) < 4.78 is 23.1. The van der Waals surface area contributed by atoms with Gasteiger partial charge in [0.05, 0.1) is 13.7 Å². The third-order valence-electron chi connectivity index (χ3n) is 4.43. The van der Waals surface area contributed by atoms with Crippen LogP contribution in [0.3, 0.4) is 0 Å².